The lowest BCUT2D eigenvalue weighted by Crippen LogP contribution is -2.23. The minimum Gasteiger partial charge on any atom is -0.490 e. The average molecular weight is 353 g/mol. The molecule has 26 heavy (non-hydrogen) atoms. The molecule has 0 radical (unpaired) electrons. The van der Waals surface area contributed by atoms with Crippen LogP contribution in [0.15, 0.2) is 55.0 Å². The number of carbonyl (C=O) groups is 1. The van der Waals surface area contributed by atoms with Crippen molar-refractivity contribution in [2.45, 2.75) is 6.54 Å². The van der Waals surface area contributed by atoms with Gasteiger partial charge in [0.15, 0.2) is 11.6 Å². The first-order chi connectivity index (χ1) is 12.6. The number of nitro benzene ring substituents is 1. The number of carbonyl (C=O) groups excluding carboxylic acids is 1. The fourth-order valence-electron chi connectivity index (χ4n) is 2.36. The number of pyridine rings is 1. The van der Waals surface area contributed by atoms with Crippen molar-refractivity contribution < 1.29 is 14.5 Å². The highest BCUT2D eigenvalue weighted by Gasteiger charge is 2.18. The molecule has 0 aliphatic carbocycles. The van der Waals surface area contributed by atoms with Gasteiger partial charge in [0.25, 0.3) is 5.91 Å². The van der Waals surface area contributed by atoms with Crippen molar-refractivity contribution in [1.82, 2.24) is 20.1 Å². The van der Waals surface area contributed by atoms with E-state index in [0.29, 0.717) is 5.82 Å². The van der Waals surface area contributed by atoms with E-state index in [4.69, 9.17) is 4.74 Å². The molecule has 3 aromatic rings. The molecule has 0 atom stereocenters. The summed E-state index contributed by atoms with van der Waals surface area (Å²) in [6, 6.07) is 9.41. The third kappa shape index (κ3) is 3.66. The lowest BCUT2D eigenvalue weighted by Gasteiger charge is -2.08. The zero-order valence-electron chi connectivity index (χ0n) is 13.8. The number of ether oxygens (including phenoxy) is 1. The second-order valence-electron chi connectivity index (χ2n) is 5.30. The highest BCUT2D eigenvalue weighted by atomic mass is 16.6. The van der Waals surface area contributed by atoms with Crippen molar-refractivity contribution >= 4 is 11.6 Å². The van der Waals surface area contributed by atoms with E-state index in [1.165, 1.54) is 25.3 Å². The van der Waals surface area contributed by atoms with Crippen LogP contribution < -0.4 is 10.1 Å². The molecule has 0 spiro atoms. The summed E-state index contributed by atoms with van der Waals surface area (Å²) in [4.78, 5) is 27.0. The van der Waals surface area contributed by atoms with Crippen molar-refractivity contribution in [3.8, 4) is 11.6 Å². The van der Waals surface area contributed by atoms with Crippen LogP contribution in [0.5, 0.6) is 5.75 Å². The summed E-state index contributed by atoms with van der Waals surface area (Å²) < 4.78 is 6.54. The Bertz CT molecular complexity index is 940. The van der Waals surface area contributed by atoms with Gasteiger partial charge in [0, 0.05) is 36.8 Å². The minimum absolute atomic E-state index is 0.101. The van der Waals surface area contributed by atoms with Gasteiger partial charge in [-0.15, -0.1) is 0 Å². The molecular formula is C17H15N5O4. The van der Waals surface area contributed by atoms with Crippen LogP contribution >= 0.6 is 0 Å². The number of aromatic nitrogens is 3. The zero-order chi connectivity index (χ0) is 18.5. The number of hydrogen-bond donors (Lipinski definition) is 1. The molecule has 9 heteroatoms. The molecule has 0 unspecified atom stereocenters. The fraction of sp³-hybridized carbons (Fsp3) is 0.118. The topological polar surface area (TPSA) is 112 Å². The Balaban J connectivity index is 1.72. The molecule has 0 bridgehead atoms. The molecular weight excluding hydrogens is 338 g/mol. The first kappa shape index (κ1) is 17.1. The number of benzene rings is 1. The third-order valence-corrected chi connectivity index (χ3v) is 3.64. The van der Waals surface area contributed by atoms with E-state index in [1.54, 1.807) is 41.5 Å². The van der Waals surface area contributed by atoms with Crippen molar-refractivity contribution in [3.63, 3.8) is 0 Å². The highest BCUT2D eigenvalue weighted by Crippen LogP contribution is 2.27. The van der Waals surface area contributed by atoms with E-state index in [2.05, 4.69) is 15.4 Å². The van der Waals surface area contributed by atoms with Gasteiger partial charge in [-0.25, -0.2) is 9.67 Å². The number of amides is 1. The number of nitro groups is 1. The van der Waals surface area contributed by atoms with E-state index >= 15 is 0 Å². The summed E-state index contributed by atoms with van der Waals surface area (Å²) in [6.45, 7) is 0.245. The molecule has 1 amide bonds. The maximum absolute atomic E-state index is 12.3. The molecule has 0 saturated carbocycles. The Morgan fingerprint density at radius 2 is 2.15 bits per heavy atom. The van der Waals surface area contributed by atoms with Gasteiger partial charge in [0.2, 0.25) is 0 Å². The molecule has 0 saturated heterocycles. The smallest absolute Gasteiger partial charge is 0.311 e. The molecule has 1 aromatic carbocycles. The van der Waals surface area contributed by atoms with Gasteiger partial charge < -0.3 is 10.1 Å². The Kier molecular flexibility index (Phi) is 4.88. The lowest BCUT2D eigenvalue weighted by molar-refractivity contribution is -0.385. The van der Waals surface area contributed by atoms with Crippen LogP contribution in [0.25, 0.3) is 5.82 Å². The molecule has 0 aliphatic heterocycles. The molecule has 3 rings (SSSR count). The lowest BCUT2D eigenvalue weighted by atomic mass is 10.1. The molecule has 9 nitrogen and oxygen atoms in total. The molecule has 0 fully saturated rings. The summed E-state index contributed by atoms with van der Waals surface area (Å²) >= 11 is 0. The summed E-state index contributed by atoms with van der Waals surface area (Å²) in [6.07, 6.45) is 5.03. The van der Waals surface area contributed by atoms with E-state index < -0.39 is 10.8 Å². The van der Waals surface area contributed by atoms with Gasteiger partial charge in [-0.3, -0.25) is 14.9 Å². The molecule has 2 heterocycles. The largest absolute Gasteiger partial charge is 0.490 e. The van der Waals surface area contributed by atoms with E-state index in [-0.39, 0.29) is 23.5 Å². The van der Waals surface area contributed by atoms with Gasteiger partial charge in [-0.05, 0) is 35.9 Å². The van der Waals surface area contributed by atoms with Crippen molar-refractivity contribution in [3.05, 3.63) is 76.2 Å². The Labute approximate surface area is 148 Å². The number of methoxy groups -OCH3 is 1. The van der Waals surface area contributed by atoms with Gasteiger partial charge in [-0.2, -0.15) is 5.10 Å². The number of nitrogens with zero attached hydrogens (tertiary/aromatic N) is 4. The SMILES string of the molecule is COc1ccc(C(=O)NCc2ccnc(-n3cccn3)c2)cc1[N+](=O)[O-]. The predicted octanol–water partition coefficient (Wildman–Crippen LogP) is 2.11. The molecule has 2 aromatic heterocycles. The average Bonchev–Trinajstić information content (AvgIpc) is 3.20. The van der Waals surface area contributed by atoms with Gasteiger partial charge in [0.1, 0.15) is 0 Å². The van der Waals surface area contributed by atoms with Crippen LogP contribution in [0.2, 0.25) is 0 Å². The Hall–Kier alpha value is -3.75. The maximum atomic E-state index is 12.3. The van der Waals surface area contributed by atoms with Gasteiger partial charge in [0.05, 0.1) is 12.0 Å². The van der Waals surface area contributed by atoms with Crippen molar-refractivity contribution in [1.29, 1.82) is 0 Å². The van der Waals surface area contributed by atoms with Crippen LogP contribution in [-0.4, -0.2) is 32.7 Å². The molecule has 0 aliphatic rings. The first-order valence-corrected chi connectivity index (χ1v) is 7.64. The normalized spacial score (nSPS) is 10.3. The third-order valence-electron chi connectivity index (χ3n) is 3.64. The second kappa shape index (κ2) is 7.43. The van der Waals surface area contributed by atoms with Gasteiger partial charge >= 0.3 is 5.69 Å². The number of rotatable bonds is 6. The van der Waals surface area contributed by atoms with Gasteiger partial charge in [-0.1, -0.05) is 0 Å². The molecule has 1 N–H and O–H groups in total. The van der Waals surface area contributed by atoms with Crippen molar-refractivity contribution in [2.24, 2.45) is 0 Å². The van der Waals surface area contributed by atoms with Crippen molar-refractivity contribution in [2.75, 3.05) is 7.11 Å². The first-order valence-electron chi connectivity index (χ1n) is 7.64. The van der Waals surface area contributed by atoms with Crippen LogP contribution in [0.4, 0.5) is 5.69 Å². The van der Waals surface area contributed by atoms with Crippen LogP contribution in [0.1, 0.15) is 15.9 Å². The second-order valence-corrected chi connectivity index (χ2v) is 5.30. The summed E-state index contributed by atoms with van der Waals surface area (Å²) in [5, 5.41) is 17.9. The Morgan fingerprint density at radius 1 is 1.31 bits per heavy atom. The Morgan fingerprint density at radius 3 is 2.85 bits per heavy atom. The van der Waals surface area contributed by atoms with Crippen LogP contribution in [-0.2, 0) is 6.54 Å². The zero-order valence-corrected chi connectivity index (χ0v) is 13.8. The highest BCUT2D eigenvalue weighted by molar-refractivity contribution is 5.95. The summed E-state index contributed by atoms with van der Waals surface area (Å²) in [5.41, 5.74) is 0.741. The van der Waals surface area contributed by atoms with E-state index in [0.717, 1.165) is 5.56 Å². The number of hydrogen-bond acceptors (Lipinski definition) is 6. The van der Waals surface area contributed by atoms with Crippen LogP contribution in [0, 0.1) is 10.1 Å². The fourth-order valence-corrected chi connectivity index (χ4v) is 2.36. The van der Waals surface area contributed by atoms with E-state index in [9.17, 15) is 14.9 Å². The number of nitrogens with one attached hydrogen (secondary N) is 1. The monoisotopic (exact) mass is 353 g/mol. The summed E-state index contributed by atoms with van der Waals surface area (Å²) in [5.74, 6) is 0.305. The standard InChI is InChI=1S/C17H15N5O4/c1-26-15-4-3-13(10-14(15)22(24)25)17(23)19-11-12-5-7-18-16(9-12)21-8-2-6-20-21/h2-10H,11H2,1H3,(H,19,23). The van der Waals surface area contributed by atoms with Crippen LogP contribution in [0.3, 0.4) is 0 Å². The van der Waals surface area contributed by atoms with E-state index in [1.807, 2.05) is 0 Å². The maximum Gasteiger partial charge on any atom is 0.311 e. The minimum atomic E-state index is -0.588. The predicted molar refractivity (Wildman–Crippen MR) is 92.2 cm³/mol. The molecule has 132 valence electrons. The quantitative estimate of drug-likeness (QED) is 0.536. The summed E-state index contributed by atoms with van der Waals surface area (Å²) in [7, 11) is 1.34.